The van der Waals surface area contributed by atoms with Crippen LogP contribution in [0.5, 0.6) is 0 Å². The molecule has 3 aromatic rings. The number of rotatable bonds is 3. The van der Waals surface area contributed by atoms with E-state index in [2.05, 4.69) is 0 Å². The third kappa shape index (κ3) is 2.72. The molecular weight excluding hydrogens is 480 g/mol. The Kier molecular flexibility index (Phi) is 4.92. The van der Waals surface area contributed by atoms with Crippen LogP contribution in [0.4, 0.5) is 0 Å². The third-order valence-electron chi connectivity index (χ3n) is 8.27. The molecule has 192 valence electrons. The van der Waals surface area contributed by atoms with Gasteiger partial charge in [-0.3, -0.25) is 9.59 Å². The second-order valence-corrected chi connectivity index (χ2v) is 11.2. The van der Waals surface area contributed by atoms with Gasteiger partial charge in [0.1, 0.15) is 0 Å². The van der Waals surface area contributed by atoms with Crippen LogP contribution in [0.3, 0.4) is 0 Å². The number of carbonyl (C=O) groups is 2. The number of hydrogen-bond donors (Lipinski definition) is 0. The van der Waals surface area contributed by atoms with Gasteiger partial charge in [-0.25, -0.2) is 0 Å². The molecule has 0 N–H and O–H groups in total. The maximum Gasteiger partial charge on any atom is 0.247 e. The van der Waals surface area contributed by atoms with Gasteiger partial charge in [0, 0.05) is 38.8 Å². The van der Waals surface area contributed by atoms with Crippen molar-refractivity contribution in [2.75, 3.05) is 0 Å². The van der Waals surface area contributed by atoms with Crippen LogP contribution in [0.15, 0.2) is 91.0 Å². The van der Waals surface area contributed by atoms with E-state index in [1.165, 1.54) is 0 Å². The summed E-state index contributed by atoms with van der Waals surface area (Å²) in [5.41, 5.74) is -4.47. The molecule has 2 atom stereocenters. The second-order valence-electron chi connectivity index (χ2n) is 11.2. The number of ether oxygens (including phenoxy) is 1. The van der Waals surface area contributed by atoms with Crippen molar-refractivity contribution in [1.29, 1.82) is 0 Å². The highest BCUT2D eigenvalue weighted by atomic mass is 16.6. The fourth-order valence-electron chi connectivity index (χ4n) is 6.46. The molecule has 3 aliphatic rings. The predicted molar refractivity (Wildman–Crippen MR) is 142 cm³/mol. The van der Waals surface area contributed by atoms with Crippen molar-refractivity contribution in [3.63, 3.8) is 0 Å². The molecule has 0 aliphatic carbocycles. The zero-order valence-corrected chi connectivity index (χ0v) is 21.7. The normalized spacial score (nSPS) is 29.4. The fraction of sp³-hybridized carbons (Fsp3) is 0.290. The largest absolute Gasteiger partial charge is 0.623 e. The molecule has 38 heavy (non-hydrogen) atoms. The number of carbonyl (C=O) groups excluding carboxylic acids is 2. The zero-order valence-electron chi connectivity index (χ0n) is 21.7. The maximum atomic E-state index is 14.3. The van der Waals surface area contributed by atoms with E-state index in [1.54, 1.807) is 76.2 Å². The fourth-order valence-corrected chi connectivity index (χ4v) is 6.46. The Hall–Kier alpha value is -4.10. The first kappa shape index (κ1) is 24.2. The maximum absolute atomic E-state index is 14.3. The van der Waals surface area contributed by atoms with Crippen LogP contribution in [0.2, 0.25) is 0 Å². The molecule has 2 unspecified atom stereocenters. The van der Waals surface area contributed by atoms with Crippen LogP contribution in [0, 0.1) is 10.4 Å². The van der Waals surface area contributed by atoms with E-state index in [1.807, 2.05) is 42.5 Å². The Bertz CT molecular complexity index is 1450. The van der Waals surface area contributed by atoms with Crippen LogP contribution in [0.25, 0.3) is 0 Å². The van der Waals surface area contributed by atoms with Gasteiger partial charge in [-0.05, 0) is 29.8 Å². The molecule has 0 radical (unpaired) electrons. The SMILES string of the molecule is CC1(C)C(=O)C2(OC3(C(=O)C(C)(C)[N+]([O-])=C3c3ccccc3)C2c2ccccc2)C(c2ccccc2)=[N+]1[O-]. The Morgan fingerprint density at radius 2 is 0.947 bits per heavy atom. The van der Waals surface area contributed by atoms with Crippen molar-refractivity contribution in [3.8, 4) is 0 Å². The minimum atomic E-state index is -1.77. The van der Waals surface area contributed by atoms with E-state index >= 15 is 0 Å². The van der Waals surface area contributed by atoms with Crippen LogP contribution in [-0.4, -0.2) is 54.7 Å². The summed E-state index contributed by atoms with van der Waals surface area (Å²) in [5, 5.41) is 27.7. The average molecular weight is 509 g/mol. The lowest BCUT2D eigenvalue weighted by molar-refractivity contribution is -0.516. The number of nitrogens with zero attached hydrogens (tertiary/aromatic N) is 2. The van der Waals surface area contributed by atoms with Gasteiger partial charge < -0.3 is 15.2 Å². The molecule has 7 nitrogen and oxygen atoms in total. The van der Waals surface area contributed by atoms with Gasteiger partial charge >= 0.3 is 0 Å². The summed E-state index contributed by atoms with van der Waals surface area (Å²) in [4.78, 5) is 28.7. The highest BCUT2D eigenvalue weighted by Crippen LogP contribution is 2.63. The molecule has 0 aromatic heterocycles. The predicted octanol–water partition coefficient (Wildman–Crippen LogP) is 4.00. The first-order valence-corrected chi connectivity index (χ1v) is 12.7. The quantitative estimate of drug-likeness (QED) is 0.394. The molecule has 0 saturated carbocycles. The summed E-state index contributed by atoms with van der Waals surface area (Å²) in [7, 11) is 0. The molecule has 2 spiro atoms. The molecule has 3 heterocycles. The van der Waals surface area contributed by atoms with Gasteiger partial charge in [-0.2, -0.15) is 9.48 Å². The minimum absolute atomic E-state index is 0.148. The Morgan fingerprint density at radius 3 is 1.32 bits per heavy atom. The molecule has 0 amide bonds. The van der Waals surface area contributed by atoms with E-state index in [0.717, 1.165) is 9.48 Å². The third-order valence-corrected chi connectivity index (χ3v) is 8.27. The van der Waals surface area contributed by atoms with Crippen molar-refractivity contribution < 1.29 is 23.8 Å². The Morgan fingerprint density at radius 1 is 0.605 bits per heavy atom. The monoisotopic (exact) mass is 508 g/mol. The van der Waals surface area contributed by atoms with Gasteiger partial charge in [0.15, 0.2) is 0 Å². The lowest BCUT2D eigenvalue weighted by atomic mass is 9.56. The molecule has 3 aliphatic heterocycles. The number of ketones is 2. The van der Waals surface area contributed by atoms with Crippen LogP contribution >= 0.6 is 0 Å². The molecule has 3 aromatic carbocycles. The van der Waals surface area contributed by atoms with E-state index in [-0.39, 0.29) is 11.4 Å². The summed E-state index contributed by atoms with van der Waals surface area (Å²) in [5.74, 6) is -1.83. The highest BCUT2D eigenvalue weighted by molar-refractivity contribution is 6.32. The smallest absolute Gasteiger partial charge is 0.247 e. The van der Waals surface area contributed by atoms with Crippen LogP contribution < -0.4 is 0 Å². The van der Waals surface area contributed by atoms with Gasteiger partial charge in [-0.15, -0.1) is 0 Å². The average Bonchev–Trinajstić information content (AvgIpc) is 3.17. The van der Waals surface area contributed by atoms with Gasteiger partial charge in [-0.1, -0.05) is 66.7 Å². The summed E-state index contributed by atoms with van der Waals surface area (Å²) in [6.45, 7) is 6.27. The van der Waals surface area contributed by atoms with Crippen LogP contribution in [-0.2, 0) is 14.3 Å². The van der Waals surface area contributed by atoms with Crippen molar-refractivity contribution in [1.82, 2.24) is 0 Å². The molecule has 1 fully saturated rings. The molecule has 6 rings (SSSR count). The van der Waals surface area contributed by atoms with Crippen molar-refractivity contribution in [3.05, 3.63) is 118 Å². The molecule has 0 bridgehead atoms. The number of Topliss-reactive ketones (excluding diaryl/α,β-unsaturated/α-hetero) is 2. The first-order chi connectivity index (χ1) is 18.0. The number of hydroxylamine groups is 2. The molecule has 1 saturated heterocycles. The molecule has 7 heteroatoms. The van der Waals surface area contributed by atoms with E-state index in [4.69, 9.17) is 4.74 Å². The van der Waals surface area contributed by atoms with E-state index in [0.29, 0.717) is 16.7 Å². The van der Waals surface area contributed by atoms with Crippen LogP contribution in [0.1, 0.15) is 50.3 Å². The van der Waals surface area contributed by atoms with E-state index in [9.17, 15) is 20.0 Å². The number of hydrogen-bond acceptors (Lipinski definition) is 5. The first-order valence-electron chi connectivity index (χ1n) is 12.7. The van der Waals surface area contributed by atoms with E-state index < -0.39 is 39.8 Å². The lowest BCUT2D eigenvalue weighted by Crippen LogP contribution is -2.78. The minimum Gasteiger partial charge on any atom is -0.623 e. The Labute approximate surface area is 220 Å². The number of benzene rings is 3. The van der Waals surface area contributed by atoms with Crippen molar-refractivity contribution in [2.24, 2.45) is 0 Å². The standard InChI is InChI=1S/C31H28N2O5/c1-28(2)26(34)30(24(32(28)36)21-16-10-6-11-17-21)23(20-14-8-5-9-15-20)31(38-30)25(22-18-12-7-13-19-22)33(37)29(3,4)27(31)35/h5-19,23H,1-4H3. The zero-order chi connectivity index (χ0) is 27.1. The highest BCUT2D eigenvalue weighted by Gasteiger charge is 2.88. The van der Waals surface area contributed by atoms with Gasteiger partial charge in [0.05, 0.1) is 5.92 Å². The second kappa shape index (κ2) is 7.71. The summed E-state index contributed by atoms with van der Waals surface area (Å²) in [6.07, 6.45) is 0. The van der Waals surface area contributed by atoms with Crippen molar-refractivity contribution in [2.45, 2.75) is 55.9 Å². The van der Waals surface area contributed by atoms with Crippen molar-refractivity contribution >= 4 is 23.0 Å². The summed E-state index contributed by atoms with van der Waals surface area (Å²) >= 11 is 0. The Balaban J connectivity index is 1.69. The van der Waals surface area contributed by atoms with Gasteiger partial charge in [0.25, 0.3) is 0 Å². The van der Waals surface area contributed by atoms with Gasteiger partial charge in [0.2, 0.25) is 45.3 Å². The lowest BCUT2D eigenvalue weighted by Gasteiger charge is -2.55. The molecular formula is C31H28N2O5. The summed E-state index contributed by atoms with van der Waals surface area (Å²) in [6, 6.07) is 27.0. The topological polar surface area (TPSA) is 95.5 Å². The summed E-state index contributed by atoms with van der Waals surface area (Å²) < 4.78 is 8.15.